The minimum Gasteiger partial charge on any atom is -0.454 e. The van der Waals surface area contributed by atoms with Crippen LogP contribution in [0.1, 0.15) is 28.8 Å². The molecule has 210 valence electrons. The van der Waals surface area contributed by atoms with E-state index in [-0.39, 0.29) is 35.3 Å². The normalized spacial score (nSPS) is 17.3. The molecular weight excluding hydrogens is 542 g/mol. The van der Waals surface area contributed by atoms with Crippen molar-refractivity contribution in [1.29, 1.82) is 0 Å². The fourth-order valence-electron chi connectivity index (χ4n) is 5.74. The average Bonchev–Trinajstić information content (AvgIpc) is 3.65. The van der Waals surface area contributed by atoms with Gasteiger partial charge in [-0.25, -0.2) is 0 Å². The predicted molar refractivity (Wildman–Crippen MR) is 158 cm³/mol. The zero-order valence-electron chi connectivity index (χ0n) is 22.3. The first-order chi connectivity index (χ1) is 20.0. The summed E-state index contributed by atoms with van der Waals surface area (Å²) in [7, 11) is 0. The molecule has 0 aliphatic carbocycles. The Hall–Kier alpha value is -4.19. The third-order valence-electron chi connectivity index (χ3n) is 8.01. The number of hydrogen-bond donors (Lipinski definition) is 3. The molecule has 3 aliphatic heterocycles. The van der Waals surface area contributed by atoms with Gasteiger partial charge in [0.15, 0.2) is 16.3 Å². The Bertz CT molecular complexity index is 1750. The maximum Gasteiger partial charge on any atom is 0.262 e. The number of nitrogens with one attached hydrogen (secondary N) is 3. The standard InChI is InChI=1S/C30H29N5O5S/c36-27(32-21-3-5-22(6-4-21)34-12-9-30(10-13-34)31-11-14-40-30)20-2-7-23-24(16-20)33-29(41)35(28(23)37)17-19-1-8-25-26(15-19)39-18-38-25/h1-8,15-16,31H,9-14,17-18H2,(H,32,36)(H,33,41). The molecule has 1 spiro atoms. The van der Waals surface area contributed by atoms with Crippen molar-refractivity contribution in [1.82, 2.24) is 14.9 Å². The number of fused-ring (bicyclic) bond motifs is 2. The quantitative estimate of drug-likeness (QED) is 0.309. The predicted octanol–water partition coefficient (Wildman–Crippen LogP) is 4.00. The van der Waals surface area contributed by atoms with Gasteiger partial charge in [-0.15, -0.1) is 0 Å². The van der Waals surface area contributed by atoms with Crippen molar-refractivity contribution in [3.63, 3.8) is 0 Å². The lowest BCUT2D eigenvalue weighted by Gasteiger charge is -2.39. The minimum atomic E-state index is -0.270. The van der Waals surface area contributed by atoms with Crippen LogP contribution in [0.5, 0.6) is 11.5 Å². The van der Waals surface area contributed by atoms with Crippen LogP contribution in [-0.4, -0.2) is 54.2 Å². The molecule has 2 fully saturated rings. The molecule has 4 heterocycles. The molecule has 4 aromatic rings. The Labute approximate surface area is 240 Å². The number of nitrogens with zero attached hydrogens (tertiary/aromatic N) is 2. The fraction of sp³-hybridized carbons (Fsp3) is 0.300. The molecule has 41 heavy (non-hydrogen) atoms. The van der Waals surface area contributed by atoms with Crippen LogP contribution >= 0.6 is 12.2 Å². The summed E-state index contributed by atoms with van der Waals surface area (Å²) < 4.78 is 18.5. The zero-order valence-corrected chi connectivity index (χ0v) is 23.1. The Balaban J connectivity index is 1.04. The van der Waals surface area contributed by atoms with Crippen molar-refractivity contribution in [3.8, 4) is 11.5 Å². The topological polar surface area (TPSA) is 110 Å². The number of amides is 1. The van der Waals surface area contributed by atoms with Crippen LogP contribution in [0.4, 0.5) is 11.4 Å². The number of carbonyl (C=O) groups is 1. The van der Waals surface area contributed by atoms with Crippen LogP contribution in [0.15, 0.2) is 65.5 Å². The van der Waals surface area contributed by atoms with Crippen LogP contribution in [0, 0.1) is 4.77 Å². The van der Waals surface area contributed by atoms with Crippen molar-refractivity contribution in [2.24, 2.45) is 0 Å². The Morgan fingerprint density at radius 3 is 2.59 bits per heavy atom. The maximum absolute atomic E-state index is 13.3. The fourth-order valence-corrected chi connectivity index (χ4v) is 6.00. The smallest absolute Gasteiger partial charge is 0.262 e. The van der Waals surface area contributed by atoms with Gasteiger partial charge in [-0.3, -0.25) is 19.5 Å². The summed E-state index contributed by atoms with van der Waals surface area (Å²) in [4.78, 5) is 31.8. The molecule has 7 rings (SSSR count). The lowest BCUT2D eigenvalue weighted by molar-refractivity contribution is -0.0287. The molecule has 2 saturated heterocycles. The van der Waals surface area contributed by atoms with Gasteiger partial charge in [0.05, 0.1) is 24.1 Å². The number of hydrogen-bond acceptors (Lipinski definition) is 8. The zero-order chi connectivity index (χ0) is 28.0. The first-order valence-corrected chi connectivity index (χ1v) is 14.1. The molecule has 3 N–H and O–H groups in total. The molecule has 0 bridgehead atoms. The summed E-state index contributed by atoms with van der Waals surface area (Å²) >= 11 is 5.51. The molecule has 3 aliphatic rings. The number of piperidine rings is 1. The van der Waals surface area contributed by atoms with Crippen molar-refractivity contribution in [2.45, 2.75) is 25.1 Å². The van der Waals surface area contributed by atoms with Gasteiger partial charge in [-0.2, -0.15) is 0 Å². The third-order valence-corrected chi connectivity index (χ3v) is 8.33. The van der Waals surface area contributed by atoms with Gasteiger partial charge < -0.3 is 29.4 Å². The highest BCUT2D eigenvalue weighted by Crippen LogP contribution is 2.33. The van der Waals surface area contributed by atoms with E-state index in [1.54, 1.807) is 18.2 Å². The minimum absolute atomic E-state index is 0.159. The first-order valence-electron chi connectivity index (χ1n) is 13.7. The molecule has 1 aromatic heterocycles. The largest absolute Gasteiger partial charge is 0.454 e. The Morgan fingerprint density at radius 2 is 1.80 bits per heavy atom. The van der Waals surface area contributed by atoms with Gasteiger partial charge in [0.2, 0.25) is 6.79 Å². The summed E-state index contributed by atoms with van der Waals surface area (Å²) in [5.41, 5.74) is 3.21. The van der Waals surface area contributed by atoms with Crippen LogP contribution in [0.25, 0.3) is 10.9 Å². The van der Waals surface area contributed by atoms with E-state index in [0.717, 1.165) is 50.3 Å². The molecule has 0 atom stereocenters. The highest BCUT2D eigenvalue weighted by Gasteiger charge is 2.38. The first kappa shape index (κ1) is 25.8. The van der Waals surface area contributed by atoms with Gasteiger partial charge in [0.25, 0.3) is 11.5 Å². The molecule has 10 nitrogen and oxygen atoms in total. The van der Waals surface area contributed by atoms with Crippen LogP contribution in [-0.2, 0) is 11.3 Å². The number of aromatic nitrogens is 2. The van der Waals surface area contributed by atoms with E-state index in [4.69, 9.17) is 26.4 Å². The van der Waals surface area contributed by atoms with Gasteiger partial charge in [-0.1, -0.05) is 6.07 Å². The SMILES string of the molecule is O=C(Nc1ccc(N2CCC3(CC2)NCCO3)cc1)c1ccc2c(=O)n(Cc3ccc4c(c3)OCO4)c(=S)[nH]c2c1. The lowest BCUT2D eigenvalue weighted by atomic mass is 10.00. The molecule has 3 aromatic carbocycles. The summed E-state index contributed by atoms with van der Waals surface area (Å²) in [5.74, 6) is 1.06. The van der Waals surface area contributed by atoms with E-state index >= 15 is 0 Å². The van der Waals surface area contributed by atoms with Crippen LogP contribution in [0.2, 0.25) is 0 Å². The molecule has 0 unspecified atom stereocenters. The number of aromatic amines is 1. The highest BCUT2D eigenvalue weighted by atomic mass is 32.1. The summed E-state index contributed by atoms with van der Waals surface area (Å²) in [6.07, 6.45) is 1.89. The van der Waals surface area contributed by atoms with Gasteiger partial charge in [0.1, 0.15) is 5.72 Å². The van der Waals surface area contributed by atoms with E-state index < -0.39 is 0 Å². The van der Waals surface area contributed by atoms with E-state index in [9.17, 15) is 9.59 Å². The van der Waals surface area contributed by atoms with E-state index in [1.165, 1.54) is 4.57 Å². The van der Waals surface area contributed by atoms with Crippen molar-refractivity contribution in [2.75, 3.05) is 43.3 Å². The number of benzene rings is 3. The Morgan fingerprint density at radius 1 is 1.00 bits per heavy atom. The number of rotatable bonds is 5. The highest BCUT2D eigenvalue weighted by molar-refractivity contribution is 7.71. The second kappa shape index (κ2) is 10.3. The van der Waals surface area contributed by atoms with E-state index in [0.29, 0.717) is 33.7 Å². The van der Waals surface area contributed by atoms with Crippen molar-refractivity contribution in [3.05, 3.63) is 86.9 Å². The van der Waals surface area contributed by atoms with Crippen LogP contribution in [0.3, 0.4) is 0 Å². The number of carbonyl (C=O) groups excluding carboxylic acids is 1. The average molecular weight is 572 g/mol. The van der Waals surface area contributed by atoms with Gasteiger partial charge >= 0.3 is 0 Å². The molecule has 0 radical (unpaired) electrons. The van der Waals surface area contributed by atoms with Crippen LogP contribution < -0.4 is 30.6 Å². The monoisotopic (exact) mass is 571 g/mol. The van der Waals surface area contributed by atoms with E-state index in [1.807, 2.05) is 42.5 Å². The number of ether oxygens (including phenoxy) is 3. The molecular formula is C30H29N5O5S. The number of H-pyrrole nitrogens is 1. The second-order valence-corrected chi connectivity index (χ2v) is 10.9. The number of anilines is 2. The van der Waals surface area contributed by atoms with Gasteiger partial charge in [0, 0.05) is 49.4 Å². The molecule has 1 amide bonds. The summed E-state index contributed by atoms with van der Waals surface area (Å²) in [6, 6.07) is 18.4. The van der Waals surface area contributed by atoms with E-state index in [2.05, 4.69) is 20.5 Å². The molecule has 11 heteroatoms. The van der Waals surface area contributed by atoms with Crippen molar-refractivity contribution < 1.29 is 19.0 Å². The van der Waals surface area contributed by atoms with Gasteiger partial charge in [-0.05, 0) is 72.4 Å². The summed E-state index contributed by atoms with van der Waals surface area (Å²) in [6.45, 7) is 3.98. The maximum atomic E-state index is 13.3. The van der Waals surface area contributed by atoms with Crippen molar-refractivity contribution >= 4 is 40.4 Å². The second-order valence-electron chi connectivity index (χ2n) is 10.5. The Kier molecular flexibility index (Phi) is 6.49. The lowest BCUT2D eigenvalue weighted by Crippen LogP contribution is -2.51. The summed E-state index contributed by atoms with van der Waals surface area (Å²) in [5, 5.41) is 6.90. The third kappa shape index (κ3) is 4.96. The molecule has 0 saturated carbocycles.